The van der Waals surface area contributed by atoms with Crippen LogP contribution in [-0.2, 0) is 14.4 Å². The van der Waals surface area contributed by atoms with Crippen molar-refractivity contribution in [3.63, 3.8) is 0 Å². The van der Waals surface area contributed by atoms with E-state index in [9.17, 15) is 14.4 Å². The van der Waals surface area contributed by atoms with Gasteiger partial charge in [0.15, 0.2) is 6.61 Å². The summed E-state index contributed by atoms with van der Waals surface area (Å²) in [7, 11) is 0. The number of rotatable bonds is 6. The van der Waals surface area contributed by atoms with Gasteiger partial charge < -0.3 is 20.7 Å². The molecule has 0 bridgehead atoms. The number of amides is 3. The number of anilines is 2. The van der Waals surface area contributed by atoms with Gasteiger partial charge in [-0.15, -0.1) is 0 Å². The Labute approximate surface area is 167 Å². The van der Waals surface area contributed by atoms with Gasteiger partial charge >= 0.3 is 0 Å². The van der Waals surface area contributed by atoms with Crippen LogP contribution in [0.3, 0.4) is 0 Å². The number of nitrogens with zero attached hydrogens (tertiary/aromatic N) is 1. The highest BCUT2D eigenvalue weighted by Crippen LogP contribution is 2.26. The molecule has 1 aliphatic rings. The molecule has 146 valence electrons. The van der Waals surface area contributed by atoms with Gasteiger partial charge in [-0.05, 0) is 48.9 Å². The second-order valence-electron chi connectivity index (χ2n) is 6.60. The molecule has 1 aliphatic heterocycles. The first kappa shape index (κ1) is 19.7. The predicted molar refractivity (Wildman–Crippen MR) is 106 cm³/mol. The number of halogens is 1. The fourth-order valence-corrected chi connectivity index (χ4v) is 3.07. The van der Waals surface area contributed by atoms with E-state index in [1.807, 2.05) is 13.0 Å². The maximum Gasteiger partial charge on any atom is 0.262 e. The van der Waals surface area contributed by atoms with Crippen LogP contribution < -0.4 is 20.7 Å². The summed E-state index contributed by atoms with van der Waals surface area (Å²) >= 11 is 6.04. The van der Waals surface area contributed by atoms with Crippen LogP contribution in [-0.4, -0.2) is 30.9 Å². The second-order valence-corrected chi connectivity index (χ2v) is 7.01. The number of hydrogen-bond acceptors (Lipinski definition) is 4. The summed E-state index contributed by atoms with van der Waals surface area (Å²) in [6, 6.07) is 12.0. The van der Waals surface area contributed by atoms with Gasteiger partial charge in [0.25, 0.3) is 5.91 Å². The number of aryl methyl sites for hydroxylation is 1. The molecule has 2 aromatic rings. The van der Waals surface area contributed by atoms with Crippen molar-refractivity contribution >= 4 is 40.7 Å². The summed E-state index contributed by atoms with van der Waals surface area (Å²) in [6.07, 6.45) is 0.122. The zero-order chi connectivity index (χ0) is 20.3. The summed E-state index contributed by atoms with van der Waals surface area (Å²) < 4.78 is 5.48. The van der Waals surface area contributed by atoms with E-state index in [1.54, 1.807) is 36.4 Å². The molecule has 2 aromatic carbocycles. The van der Waals surface area contributed by atoms with E-state index in [1.165, 1.54) is 4.90 Å². The van der Waals surface area contributed by atoms with Crippen molar-refractivity contribution in [2.24, 2.45) is 11.7 Å². The Morgan fingerprint density at radius 2 is 1.96 bits per heavy atom. The van der Waals surface area contributed by atoms with E-state index in [-0.39, 0.29) is 31.4 Å². The van der Waals surface area contributed by atoms with Gasteiger partial charge in [-0.3, -0.25) is 14.4 Å². The summed E-state index contributed by atoms with van der Waals surface area (Å²) in [4.78, 5) is 36.9. The fraction of sp³-hybridized carbons (Fsp3) is 0.250. The molecule has 1 atom stereocenters. The molecule has 8 heteroatoms. The number of ether oxygens (including phenoxy) is 1. The van der Waals surface area contributed by atoms with E-state index >= 15 is 0 Å². The first-order valence-electron chi connectivity index (χ1n) is 8.72. The van der Waals surface area contributed by atoms with Gasteiger partial charge in [-0.2, -0.15) is 0 Å². The maximum absolute atomic E-state index is 12.0. The molecule has 1 heterocycles. The van der Waals surface area contributed by atoms with Crippen LogP contribution in [0.1, 0.15) is 12.0 Å². The zero-order valence-electron chi connectivity index (χ0n) is 15.3. The van der Waals surface area contributed by atoms with Crippen LogP contribution in [0.5, 0.6) is 5.75 Å². The average molecular weight is 402 g/mol. The van der Waals surface area contributed by atoms with Crippen LogP contribution in [0.15, 0.2) is 42.5 Å². The van der Waals surface area contributed by atoms with Crippen molar-refractivity contribution in [1.29, 1.82) is 0 Å². The molecule has 0 aliphatic carbocycles. The first-order chi connectivity index (χ1) is 13.3. The number of nitrogens with one attached hydrogen (secondary N) is 1. The van der Waals surface area contributed by atoms with Crippen LogP contribution >= 0.6 is 11.6 Å². The first-order valence-corrected chi connectivity index (χ1v) is 9.10. The lowest BCUT2D eigenvalue weighted by Crippen LogP contribution is -2.28. The lowest BCUT2D eigenvalue weighted by atomic mass is 10.1. The van der Waals surface area contributed by atoms with E-state index in [0.29, 0.717) is 22.1 Å². The third kappa shape index (κ3) is 4.61. The molecular formula is C20H20ClN3O4. The average Bonchev–Trinajstić information content (AvgIpc) is 3.06. The Hall–Kier alpha value is -3.06. The minimum atomic E-state index is -0.475. The number of primary amides is 1. The van der Waals surface area contributed by atoms with E-state index in [4.69, 9.17) is 22.1 Å². The highest BCUT2D eigenvalue weighted by atomic mass is 35.5. The SMILES string of the molecule is Cc1ccc(NC(=O)COc2ccc(N3C[C@@H](C(N)=O)CC3=O)cc2)cc1Cl. The maximum atomic E-state index is 12.0. The Kier molecular flexibility index (Phi) is 5.84. The molecule has 0 radical (unpaired) electrons. The van der Waals surface area contributed by atoms with Crippen molar-refractivity contribution in [3.05, 3.63) is 53.1 Å². The van der Waals surface area contributed by atoms with E-state index < -0.39 is 11.8 Å². The largest absolute Gasteiger partial charge is 0.484 e. The van der Waals surface area contributed by atoms with Gasteiger partial charge in [0.05, 0.1) is 5.92 Å². The van der Waals surface area contributed by atoms with Gasteiger partial charge in [0.2, 0.25) is 11.8 Å². The van der Waals surface area contributed by atoms with Gasteiger partial charge in [0.1, 0.15) is 5.75 Å². The molecule has 0 saturated carbocycles. The van der Waals surface area contributed by atoms with Crippen molar-refractivity contribution in [3.8, 4) is 5.75 Å². The molecule has 3 rings (SSSR count). The Balaban J connectivity index is 1.54. The van der Waals surface area contributed by atoms with Crippen molar-refractivity contribution in [2.75, 3.05) is 23.4 Å². The molecule has 1 fully saturated rings. The quantitative estimate of drug-likeness (QED) is 0.776. The highest BCUT2D eigenvalue weighted by Gasteiger charge is 2.33. The lowest BCUT2D eigenvalue weighted by molar-refractivity contribution is -0.123. The fourth-order valence-electron chi connectivity index (χ4n) is 2.89. The monoisotopic (exact) mass is 401 g/mol. The molecule has 28 heavy (non-hydrogen) atoms. The molecule has 3 N–H and O–H groups in total. The number of hydrogen-bond donors (Lipinski definition) is 2. The second kappa shape index (κ2) is 8.31. The lowest BCUT2D eigenvalue weighted by Gasteiger charge is -2.16. The number of carbonyl (C=O) groups excluding carboxylic acids is 3. The van der Waals surface area contributed by atoms with E-state index in [0.717, 1.165) is 5.56 Å². The predicted octanol–water partition coefficient (Wildman–Crippen LogP) is 2.50. The number of benzene rings is 2. The zero-order valence-corrected chi connectivity index (χ0v) is 16.0. The molecule has 7 nitrogen and oxygen atoms in total. The molecular weight excluding hydrogens is 382 g/mol. The Morgan fingerprint density at radius 3 is 2.57 bits per heavy atom. The van der Waals surface area contributed by atoms with E-state index in [2.05, 4.69) is 5.32 Å². The van der Waals surface area contributed by atoms with Crippen LogP contribution in [0, 0.1) is 12.8 Å². The van der Waals surface area contributed by atoms with Crippen LogP contribution in [0.25, 0.3) is 0 Å². The van der Waals surface area contributed by atoms with Crippen LogP contribution in [0.4, 0.5) is 11.4 Å². The summed E-state index contributed by atoms with van der Waals surface area (Å²) in [5.74, 6) is -0.922. The summed E-state index contributed by atoms with van der Waals surface area (Å²) in [5, 5.41) is 3.29. The topological polar surface area (TPSA) is 102 Å². The van der Waals surface area contributed by atoms with Crippen molar-refractivity contribution in [1.82, 2.24) is 0 Å². The minimum Gasteiger partial charge on any atom is -0.484 e. The number of carbonyl (C=O) groups is 3. The molecule has 3 amide bonds. The summed E-state index contributed by atoms with van der Waals surface area (Å²) in [6.45, 7) is 1.98. The summed E-state index contributed by atoms with van der Waals surface area (Å²) in [5.41, 5.74) is 7.45. The smallest absolute Gasteiger partial charge is 0.262 e. The molecule has 1 saturated heterocycles. The van der Waals surface area contributed by atoms with Crippen molar-refractivity contribution in [2.45, 2.75) is 13.3 Å². The van der Waals surface area contributed by atoms with Gasteiger partial charge in [-0.1, -0.05) is 17.7 Å². The normalized spacial score (nSPS) is 16.1. The van der Waals surface area contributed by atoms with Gasteiger partial charge in [0, 0.05) is 29.4 Å². The molecule has 0 spiro atoms. The Bertz CT molecular complexity index is 914. The molecule has 0 unspecified atom stereocenters. The Morgan fingerprint density at radius 1 is 1.25 bits per heavy atom. The third-order valence-electron chi connectivity index (χ3n) is 4.50. The van der Waals surface area contributed by atoms with Crippen molar-refractivity contribution < 1.29 is 19.1 Å². The third-order valence-corrected chi connectivity index (χ3v) is 4.91. The molecule has 0 aromatic heterocycles. The van der Waals surface area contributed by atoms with Gasteiger partial charge in [-0.25, -0.2) is 0 Å². The number of nitrogens with two attached hydrogens (primary N) is 1. The minimum absolute atomic E-state index is 0.122. The van der Waals surface area contributed by atoms with Crippen LogP contribution in [0.2, 0.25) is 5.02 Å². The standard InChI is InChI=1S/C20H20ClN3O4/c1-12-2-3-14(9-17(12)21)23-18(25)11-28-16-6-4-15(5-7-16)24-10-13(20(22)27)8-19(24)26/h2-7,9,13H,8,10-11H2,1H3,(H2,22,27)(H,23,25)/t13-/m0/s1. The highest BCUT2D eigenvalue weighted by molar-refractivity contribution is 6.31.